The van der Waals surface area contributed by atoms with Crippen LogP contribution >= 0.6 is 0 Å². The van der Waals surface area contributed by atoms with Crippen molar-refractivity contribution in [1.29, 1.82) is 0 Å². The first-order chi connectivity index (χ1) is 16.2. The van der Waals surface area contributed by atoms with E-state index in [2.05, 4.69) is 0 Å². The van der Waals surface area contributed by atoms with Crippen molar-refractivity contribution in [3.05, 3.63) is 71.8 Å². The van der Waals surface area contributed by atoms with Crippen molar-refractivity contribution < 1.29 is 19.1 Å². The van der Waals surface area contributed by atoms with Crippen molar-refractivity contribution in [1.82, 2.24) is 9.47 Å². The average molecular weight is 450 g/mol. The Morgan fingerprint density at radius 2 is 1.38 bits per heavy atom. The van der Waals surface area contributed by atoms with Crippen LogP contribution in [-0.2, 0) is 4.74 Å². The molecule has 1 aliphatic rings. The van der Waals surface area contributed by atoms with Crippen molar-refractivity contribution in [2.24, 2.45) is 0 Å². The predicted octanol–water partition coefficient (Wildman–Crippen LogP) is 6.11. The molecule has 1 aliphatic heterocycles. The maximum atomic E-state index is 13.5. The Morgan fingerprint density at radius 1 is 0.794 bits per heavy atom. The molecule has 34 heavy (non-hydrogen) atoms. The summed E-state index contributed by atoms with van der Waals surface area (Å²) in [6.45, 7) is 5.46. The molecule has 6 nitrogen and oxygen atoms in total. The summed E-state index contributed by atoms with van der Waals surface area (Å²) >= 11 is 0. The van der Waals surface area contributed by atoms with Crippen LogP contribution in [0.15, 0.2) is 60.7 Å². The van der Waals surface area contributed by atoms with Crippen LogP contribution < -0.4 is 0 Å². The first-order valence-electron chi connectivity index (χ1n) is 11.1. The monoisotopic (exact) mass is 450 g/mol. The van der Waals surface area contributed by atoms with Gasteiger partial charge in [0.1, 0.15) is 5.60 Å². The Morgan fingerprint density at radius 3 is 2.06 bits per heavy atom. The van der Waals surface area contributed by atoms with Crippen molar-refractivity contribution in [3.8, 4) is 0 Å². The number of fused-ring (bicyclic) bond motifs is 9. The van der Waals surface area contributed by atoms with Gasteiger partial charge < -0.3 is 4.74 Å². The number of para-hydroxylation sites is 1. The van der Waals surface area contributed by atoms with E-state index in [0.29, 0.717) is 32.9 Å². The zero-order valence-corrected chi connectivity index (χ0v) is 19.3. The summed E-state index contributed by atoms with van der Waals surface area (Å²) in [5, 5.41) is 4.63. The molecule has 0 saturated heterocycles. The van der Waals surface area contributed by atoms with E-state index in [0.717, 1.165) is 26.4 Å². The van der Waals surface area contributed by atoms with Crippen molar-refractivity contribution in [2.75, 3.05) is 7.05 Å². The summed E-state index contributed by atoms with van der Waals surface area (Å²) in [6.07, 6.45) is -0.529. The Balaban J connectivity index is 1.91. The highest BCUT2D eigenvalue weighted by Crippen LogP contribution is 2.43. The zero-order valence-electron chi connectivity index (χ0n) is 19.3. The summed E-state index contributed by atoms with van der Waals surface area (Å²) < 4.78 is 7.33. The van der Waals surface area contributed by atoms with Gasteiger partial charge in [-0.15, -0.1) is 0 Å². The van der Waals surface area contributed by atoms with Gasteiger partial charge in [-0.2, -0.15) is 0 Å². The molecule has 5 aromatic rings. The minimum atomic E-state index is -0.708. The second-order valence-corrected chi connectivity index (χ2v) is 9.72. The lowest BCUT2D eigenvalue weighted by Crippen LogP contribution is -2.27. The molecule has 1 aromatic heterocycles. The molecule has 0 N–H and O–H groups in total. The Bertz CT molecular complexity index is 1740. The number of ether oxygens (including phenoxy) is 1. The number of carbonyl (C=O) groups excluding carboxylic acids is 3. The van der Waals surface area contributed by atoms with E-state index in [9.17, 15) is 14.4 Å². The molecule has 0 radical (unpaired) electrons. The van der Waals surface area contributed by atoms with E-state index in [1.54, 1.807) is 4.57 Å². The van der Waals surface area contributed by atoms with Gasteiger partial charge in [0, 0.05) is 23.2 Å². The summed E-state index contributed by atoms with van der Waals surface area (Å²) in [5.74, 6) is -0.705. The first kappa shape index (κ1) is 20.4. The standard InChI is InChI=1S/C28H22N2O4/c1-28(2,3)34-27(33)30-20-12-8-7-11-17(20)21-23-22(25(31)29(4)26(23)32)18-13-15-9-5-6-10-16(15)14-19(18)24(21)30/h5-14H,1-4H3. The molecule has 0 fully saturated rings. The molecule has 168 valence electrons. The van der Waals surface area contributed by atoms with Crippen molar-refractivity contribution in [2.45, 2.75) is 26.4 Å². The summed E-state index contributed by atoms with van der Waals surface area (Å²) in [7, 11) is 1.50. The molecule has 2 amide bonds. The smallest absolute Gasteiger partial charge is 0.419 e. The van der Waals surface area contributed by atoms with Gasteiger partial charge in [0.25, 0.3) is 11.8 Å². The van der Waals surface area contributed by atoms with E-state index in [1.807, 2.05) is 81.4 Å². The van der Waals surface area contributed by atoms with Crippen LogP contribution in [0, 0.1) is 0 Å². The topological polar surface area (TPSA) is 68.6 Å². The van der Waals surface area contributed by atoms with E-state index < -0.39 is 11.7 Å². The Labute approximate surface area is 195 Å². The maximum absolute atomic E-state index is 13.5. The van der Waals surface area contributed by atoms with Gasteiger partial charge in [-0.3, -0.25) is 14.5 Å². The molecule has 0 unspecified atom stereocenters. The molecule has 0 spiro atoms. The highest BCUT2D eigenvalue weighted by Gasteiger charge is 2.39. The third-order valence-corrected chi connectivity index (χ3v) is 6.40. The van der Waals surface area contributed by atoms with Crippen molar-refractivity contribution >= 4 is 61.3 Å². The van der Waals surface area contributed by atoms with Crippen LogP contribution in [0.3, 0.4) is 0 Å². The van der Waals surface area contributed by atoms with Crippen LogP contribution in [0.2, 0.25) is 0 Å². The SMILES string of the molecule is CN1C(=O)c2c(c3c4ccccc4n(C(=O)OC(C)(C)C)c3c3cc4ccccc4cc23)C1=O. The molecule has 4 aromatic carbocycles. The number of imide groups is 1. The zero-order chi connectivity index (χ0) is 23.9. The lowest BCUT2D eigenvalue weighted by molar-refractivity contribution is 0.0550. The normalized spacial score (nSPS) is 14.1. The van der Waals surface area contributed by atoms with Crippen molar-refractivity contribution in [3.63, 3.8) is 0 Å². The maximum Gasteiger partial charge on any atom is 0.419 e. The van der Waals surface area contributed by atoms with Crippen LogP contribution in [0.1, 0.15) is 41.5 Å². The molecule has 0 bridgehead atoms. The highest BCUT2D eigenvalue weighted by atomic mass is 16.6. The van der Waals surface area contributed by atoms with Crippen LogP contribution in [0.25, 0.3) is 43.4 Å². The van der Waals surface area contributed by atoms with E-state index >= 15 is 0 Å². The first-order valence-corrected chi connectivity index (χ1v) is 11.1. The van der Waals surface area contributed by atoms with E-state index in [-0.39, 0.29) is 11.8 Å². The number of benzene rings is 4. The van der Waals surface area contributed by atoms with Gasteiger partial charge in [0.15, 0.2) is 0 Å². The Hall–Kier alpha value is -4.19. The minimum absolute atomic E-state index is 0.337. The summed E-state index contributed by atoms with van der Waals surface area (Å²) in [6, 6.07) is 19.2. The van der Waals surface area contributed by atoms with Gasteiger partial charge >= 0.3 is 6.09 Å². The molecular weight excluding hydrogens is 428 g/mol. The number of hydrogen-bond acceptors (Lipinski definition) is 4. The molecular formula is C28H22N2O4. The number of hydrogen-bond donors (Lipinski definition) is 0. The van der Waals surface area contributed by atoms with Gasteiger partial charge in [0.05, 0.1) is 22.2 Å². The molecule has 0 saturated carbocycles. The fraction of sp³-hybridized carbons (Fsp3) is 0.179. The number of amides is 2. The minimum Gasteiger partial charge on any atom is -0.443 e. The largest absolute Gasteiger partial charge is 0.443 e. The lowest BCUT2D eigenvalue weighted by Gasteiger charge is -2.20. The quantitative estimate of drug-likeness (QED) is 0.211. The lowest BCUT2D eigenvalue weighted by atomic mass is 9.93. The van der Waals surface area contributed by atoms with Crippen LogP contribution in [-0.4, -0.2) is 40.0 Å². The molecule has 0 atom stereocenters. The summed E-state index contributed by atoms with van der Waals surface area (Å²) in [4.78, 5) is 41.3. The van der Waals surface area contributed by atoms with Gasteiger partial charge in [0.2, 0.25) is 0 Å². The highest BCUT2D eigenvalue weighted by molar-refractivity contribution is 6.38. The van der Waals surface area contributed by atoms with Gasteiger partial charge in [-0.1, -0.05) is 42.5 Å². The second kappa shape index (κ2) is 6.67. The van der Waals surface area contributed by atoms with Gasteiger partial charge in [-0.05, 0) is 55.1 Å². The average Bonchev–Trinajstić information content (AvgIpc) is 3.25. The molecule has 2 heterocycles. The van der Waals surface area contributed by atoms with E-state index in [4.69, 9.17) is 4.74 Å². The van der Waals surface area contributed by atoms with E-state index in [1.165, 1.54) is 7.05 Å². The van der Waals surface area contributed by atoms with Crippen LogP contribution in [0.4, 0.5) is 4.79 Å². The fourth-order valence-corrected chi connectivity index (χ4v) is 5.01. The molecule has 6 heteroatoms. The number of carbonyl (C=O) groups is 3. The predicted molar refractivity (Wildman–Crippen MR) is 133 cm³/mol. The number of aromatic nitrogens is 1. The molecule has 6 rings (SSSR count). The van der Waals surface area contributed by atoms with Gasteiger partial charge in [-0.25, -0.2) is 9.36 Å². The third kappa shape index (κ3) is 2.65. The second-order valence-electron chi connectivity index (χ2n) is 9.72. The number of rotatable bonds is 0. The third-order valence-electron chi connectivity index (χ3n) is 6.40. The number of nitrogens with zero attached hydrogens (tertiary/aromatic N) is 2. The summed E-state index contributed by atoms with van der Waals surface area (Å²) in [5.41, 5.74) is 1.22. The molecule has 0 aliphatic carbocycles. The Kier molecular flexibility index (Phi) is 4.00. The van der Waals surface area contributed by atoms with Crippen LogP contribution in [0.5, 0.6) is 0 Å². The fourth-order valence-electron chi connectivity index (χ4n) is 5.01.